The number of nitrogens with zero attached hydrogens (tertiary/aromatic N) is 1. The molecule has 0 amide bonds. The summed E-state index contributed by atoms with van der Waals surface area (Å²) in [6.07, 6.45) is 0. The number of hydrogen-bond acceptors (Lipinski definition) is 5. The van der Waals surface area contributed by atoms with Crippen molar-refractivity contribution in [3.8, 4) is 0 Å². The molecule has 1 N–H and O–H groups in total. The molecular weight excluding hydrogens is 427 g/mol. The van der Waals surface area contributed by atoms with E-state index in [0.717, 1.165) is 9.09 Å². The summed E-state index contributed by atoms with van der Waals surface area (Å²) in [5.41, 5.74) is 0. The zero-order valence-corrected chi connectivity index (χ0v) is 13.2. The van der Waals surface area contributed by atoms with Crippen LogP contribution in [0.25, 0.3) is 0 Å². The van der Waals surface area contributed by atoms with Crippen molar-refractivity contribution in [1.82, 2.24) is 5.01 Å². The highest BCUT2D eigenvalue weighted by molar-refractivity contribution is 9.15. The Hall–Kier alpha value is 1.23. The lowest BCUT2D eigenvalue weighted by molar-refractivity contribution is -2.00. The van der Waals surface area contributed by atoms with E-state index in [1.54, 1.807) is 0 Å². The lowest BCUT2D eigenvalue weighted by atomic mass is 10.6. The van der Waals surface area contributed by atoms with E-state index in [4.69, 9.17) is 18.6 Å². The van der Waals surface area contributed by atoms with Gasteiger partial charge in [0.2, 0.25) is 4.61 Å². The fraction of sp³-hybridized carbons (Fsp3) is 0.600. The summed E-state index contributed by atoms with van der Waals surface area (Å²) in [4.78, 5) is 0.293. The third-order valence-electron chi connectivity index (χ3n) is 1.61. The lowest BCUT2D eigenvalue weighted by Gasteiger charge is -2.17. The summed E-state index contributed by atoms with van der Waals surface area (Å²) in [6, 6.07) is 0. The van der Waals surface area contributed by atoms with Crippen LogP contribution in [-0.2, 0) is 0 Å². The molecule has 2 unspecified atom stereocenters. The number of rotatable bonds is 0. The third-order valence-corrected chi connectivity index (χ3v) is 5.66. The predicted molar refractivity (Wildman–Crippen MR) is 52.2 cm³/mol. The number of nitrogens with one attached hydrogen (secondary N) is 1. The molecule has 0 fully saturated rings. The largest absolute Gasteiger partial charge is 0.222 e. The van der Waals surface area contributed by atoms with E-state index in [1.165, 1.54) is 5.01 Å². The topological polar surface area (TPSA) is 99.9 Å². The molecule has 1 heterocycles. The molecule has 0 aromatic heterocycles. The van der Waals surface area contributed by atoms with E-state index < -0.39 is 10.2 Å². The molecule has 0 radical (unpaired) electrons. The van der Waals surface area contributed by atoms with Crippen LogP contribution < -0.4 is 23.6 Å². The van der Waals surface area contributed by atoms with Gasteiger partial charge in [-0.05, 0) is 15.9 Å². The molecule has 0 aromatic rings. The van der Waals surface area contributed by atoms with Crippen LogP contribution in [0.4, 0.5) is 0 Å². The summed E-state index contributed by atoms with van der Waals surface area (Å²) >= 11 is 10.5. The van der Waals surface area contributed by atoms with Crippen LogP contribution in [0.2, 0.25) is 0 Å². The second kappa shape index (κ2) is 6.24. The van der Waals surface area contributed by atoms with Gasteiger partial charge in [-0.1, -0.05) is 15.9 Å². The van der Waals surface area contributed by atoms with Crippen molar-refractivity contribution in [1.29, 1.82) is 0 Å². The van der Waals surface area contributed by atoms with Crippen molar-refractivity contribution in [3.05, 3.63) is 9.09 Å². The van der Waals surface area contributed by atoms with Crippen molar-refractivity contribution in [2.75, 3.05) is 14.1 Å². The minimum atomic E-state index is -4.94. The summed E-state index contributed by atoms with van der Waals surface area (Å²) in [7, 11) is -0.823. The van der Waals surface area contributed by atoms with E-state index >= 15 is 0 Å². The fourth-order valence-electron chi connectivity index (χ4n) is 0.772. The second-order valence-electron chi connectivity index (χ2n) is 2.57. The van der Waals surface area contributed by atoms with Gasteiger partial charge in [-0.25, -0.2) is 23.6 Å². The Labute approximate surface area is 114 Å². The Morgan fingerprint density at radius 1 is 1.27 bits per heavy atom. The van der Waals surface area contributed by atoms with Gasteiger partial charge in [0.1, 0.15) is 0 Å². The van der Waals surface area contributed by atoms with Crippen molar-refractivity contribution < 1.29 is 33.9 Å². The smallest absolute Gasteiger partial charge is 0.206 e. The molecule has 0 saturated carbocycles. The Balaban J connectivity index is 0.000000336. The molecule has 1 rings (SSSR count). The van der Waals surface area contributed by atoms with Gasteiger partial charge >= 0.3 is 0 Å². The fourth-order valence-corrected chi connectivity index (χ4v) is 2.71. The van der Waals surface area contributed by atoms with E-state index in [2.05, 4.69) is 59.8 Å². The van der Waals surface area contributed by atoms with Crippen LogP contribution in [-0.4, -0.2) is 24.1 Å². The van der Waals surface area contributed by atoms with Gasteiger partial charge in [0.05, 0.1) is 11.5 Å². The van der Waals surface area contributed by atoms with E-state index in [0.29, 0.717) is 4.95 Å². The number of quaternary nitrogens is 1. The molecule has 1 aliphatic rings. The summed E-state index contributed by atoms with van der Waals surface area (Å²) in [5.74, 6) is 0. The molecule has 0 spiro atoms. The van der Waals surface area contributed by atoms with Gasteiger partial charge < -0.3 is 0 Å². The third kappa shape index (κ3) is 5.91. The maximum absolute atomic E-state index is 8.49. The maximum Gasteiger partial charge on any atom is 0.206 e. The Morgan fingerprint density at radius 3 is 1.67 bits per heavy atom. The lowest BCUT2D eigenvalue weighted by Crippen LogP contribution is -3.11. The first-order valence-corrected chi connectivity index (χ1v) is 7.17. The molecule has 0 bridgehead atoms. The Kier molecular flexibility index (Phi) is 6.75. The minimum absolute atomic E-state index is 0.293. The highest BCUT2D eigenvalue weighted by atomic mass is 79.9. The van der Waals surface area contributed by atoms with Crippen molar-refractivity contribution in [2.45, 2.75) is 4.95 Å². The zero-order valence-electron chi connectivity index (χ0n) is 7.67. The molecule has 1 aliphatic heterocycles. The van der Waals surface area contributed by atoms with Gasteiger partial charge in [-0.15, -0.1) is 15.3 Å². The van der Waals surface area contributed by atoms with E-state index in [1.807, 2.05) is 7.05 Å². The first-order chi connectivity index (χ1) is 6.55. The number of halogens is 4. The molecule has 90 valence electrons. The van der Waals surface area contributed by atoms with Crippen molar-refractivity contribution >= 4 is 47.8 Å². The van der Waals surface area contributed by atoms with Gasteiger partial charge in [-0.2, -0.15) is 0 Å². The average molecular weight is 435 g/mol. The summed E-state index contributed by atoms with van der Waals surface area (Å²) in [6.45, 7) is 0. The van der Waals surface area contributed by atoms with Gasteiger partial charge in [0.25, 0.3) is 0 Å². The van der Waals surface area contributed by atoms with Crippen LogP contribution in [0.3, 0.4) is 0 Å². The molecule has 2 atom stereocenters. The molecule has 0 aliphatic carbocycles. The zero-order chi connectivity index (χ0) is 12.4. The number of likely N-dealkylation sites (N-methyl/N-ethyl adjacent to an activating group) is 1. The van der Waals surface area contributed by atoms with Crippen LogP contribution in [0.1, 0.15) is 0 Å². The van der Waals surface area contributed by atoms with E-state index in [9.17, 15) is 0 Å². The molecule has 0 aromatic carbocycles. The SMILES string of the molecule is CN1C(Br)C(Br)=C(Br)[NH+]1C.[O-][Cl+3]([O-])([O-])[O-]. The summed E-state index contributed by atoms with van der Waals surface area (Å²) < 4.78 is 36.3. The Bertz CT molecular complexity index is 235. The monoisotopic (exact) mass is 432 g/mol. The molecule has 0 saturated heterocycles. The van der Waals surface area contributed by atoms with Gasteiger partial charge in [0, 0.05) is 23.0 Å². The number of alkyl halides is 1. The molecule has 6 nitrogen and oxygen atoms in total. The summed E-state index contributed by atoms with van der Waals surface area (Å²) in [5, 5.41) is 3.39. The van der Waals surface area contributed by atoms with Crippen LogP contribution in [0.5, 0.6) is 0 Å². The van der Waals surface area contributed by atoms with Crippen LogP contribution in [0, 0.1) is 10.2 Å². The first-order valence-electron chi connectivity index (χ1n) is 3.43. The van der Waals surface area contributed by atoms with Crippen LogP contribution >= 0.6 is 47.8 Å². The predicted octanol–water partition coefficient (Wildman–Crippen LogP) is -3.71. The van der Waals surface area contributed by atoms with Gasteiger partial charge in [-0.3, -0.25) is 0 Å². The first kappa shape index (κ1) is 16.2. The van der Waals surface area contributed by atoms with Gasteiger partial charge in [0.15, 0.2) is 4.95 Å². The molecule has 10 heteroatoms. The standard InChI is InChI=1S/C5H7Br3N2.ClHO4/c1-9-4(7)3(6)5(8)10(9)2;2-1(3,4)5/h4H,1-2H3;(H,2,3,4,5). The number of hydrogen-bond donors (Lipinski definition) is 1. The minimum Gasteiger partial charge on any atom is -0.222 e. The molecular formula is C5H8Br3ClN2O4. The van der Waals surface area contributed by atoms with E-state index in [-0.39, 0.29) is 0 Å². The maximum atomic E-state index is 8.49. The van der Waals surface area contributed by atoms with Crippen molar-refractivity contribution in [3.63, 3.8) is 0 Å². The normalized spacial score (nSPS) is 27.8. The van der Waals surface area contributed by atoms with Crippen LogP contribution in [0.15, 0.2) is 9.09 Å². The van der Waals surface area contributed by atoms with Crippen molar-refractivity contribution in [2.24, 2.45) is 0 Å². The quantitative estimate of drug-likeness (QED) is 0.312. The highest BCUT2D eigenvalue weighted by Gasteiger charge is 2.35. The second-order valence-corrected chi connectivity index (χ2v) is 5.84. The molecule has 15 heavy (non-hydrogen) atoms. The Morgan fingerprint density at radius 2 is 1.60 bits per heavy atom. The highest BCUT2D eigenvalue weighted by Crippen LogP contribution is 2.27. The average Bonchev–Trinajstić information content (AvgIpc) is 2.21.